The molecule has 222 valence electrons. The van der Waals surface area contributed by atoms with Crippen molar-refractivity contribution >= 4 is 23.9 Å². The molecule has 0 bridgehead atoms. The van der Waals surface area contributed by atoms with Crippen LogP contribution in [-0.4, -0.2) is 100 Å². The molecule has 0 aliphatic rings. The van der Waals surface area contributed by atoms with E-state index in [1.165, 1.54) is 0 Å². The van der Waals surface area contributed by atoms with Crippen LogP contribution in [0.3, 0.4) is 0 Å². The lowest BCUT2D eigenvalue weighted by Gasteiger charge is -2.35. The summed E-state index contributed by atoms with van der Waals surface area (Å²) < 4.78 is 175. The molecule has 0 saturated heterocycles. The average Bonchev–Trinajstić information content (AvgIpc) is 2.73. The van der Waals surface area contributed by atoms with Crippen molar-refractivity contribution in [3.05, 3.63) is 0 Å². The number of rotatable bonds is 11. The van der Waals surface area contributed by atoms with Crippen molar-refractivity contribution in [1.29, 1.82) is 0 Å². The van der Waals surface area contributed by atoms with E-state index in [-0.39, 0.29) is 0 Å². The molecular formula is C16H14F12O10. The number of esters is 4. The molecule has 0 aliphatic heterocycles. The van der Waals surface area contributed by atoms with E-state index in [9.17, 15) is 71.9 Å². The average molecular weight is 594 g/mol. The van der Waals surface area contributed by atoms with Gasteiger partial charge in [0.25, 0.3) is 0 Å². The van der Waals surface area contributed by atoms with Crippen molar-refractivity contribution in [3.8, 4) is 0 Å². The molecule has 0 unspecified atom stereocenters. The van der Waals surface area contributed by atoms with Crippen LogP contribution in [0.5, 0.6) is 0 Å². The summed E-state index contributed by atoms with van der Waals surface area (Å²) in [6.45, 7) is -3.52. The van der Waals surface area contributed by atoms with Gasteiger partial charge in [0.2, 0.25) is 0 Å². The van der Waals surface area contributed by atoms with Gasteiger partial charge in [-0.15, -0.1) is 0 Å². The number of methoxy groups -OCH3 is 2. The zero-order chi connectivity index (χ0) is 30.3. The Hall–Kier alpha value is -3.04. The highest BCUT2D eigenvalue weighted by Crippen LogP contribution is 2.28. The van der Waals surface area contributed by atoms with Crippen molar-refractivity contribution in [2.75, 3.05) is 27.4 Å². The predicted molar refractivity (Wildman–Crippen MR) is 87.5 cm³/mol. The van der Waals surface area contributed by atoms with Gasteiger partial charge in [-0.1, -0.05) is 0 Å². The van der Waals surface area contributed by atoms with E-state index in [2.05, 4.69) is 28.4 Å². The van der Waals surface area contributed by atoms with Crippen LogP contribution >= 0.6 is 0 Å². The molecule has 0 heterocycles. The first-order valence-corrected chi connectivity index (χ1v) is 9.05. The largest absolute Gasteiger partial charge is 0.490 e. The molecule has 0 aromatic rings. The zero-order valence-electron chi connectivity index (χ0n) is 18.3. The Bertz CT molecular complexity index is 833. The van der Waals surface area contributed by atoms with Gasteiger partial charge in [-0.2, -0.15) is 52.7 Å². The maximum Gasteiger partial charge on any atom is 0.490 e. The third-order valence-electron chi connectivity index (χ3n) is 3.72. The molecule has 0 amide bonds. The van der Waals surface area contributed by atoms with Crippen molar-refractivity contribution in [2.24, 2.45) is 0 Å². The van der Waals surface area contributed by atoms with Crippen LogP contribution in [0.2, 0.25) is 0 Å². The molecular weight excluding hydrogens is 580 g/mol. The van der Waals surface area contributed by atoms with Crippen LogP contribution in [0.1, 0.15) is 0 Å². The first-order chi connectivity index (χ1) is 17.0. The van der Waals surface area contributed by atoms with E-state index < -0.39 is 86.2 Å². The van der Waals surface area contributed by atoms with Crippen LogP contribution in [-0.2, 0) is 47.6 Å². The fourth-order valence-electron chi connectivity index (χ4n) is 2.25. The minimum absolute atomic E-state index is 0.328. The Morgan fingerprint density at radius 1 is 0.526 bits per heavy atom. The van der Waals surface area contributed by atoms with Gasteiger partial charge in [0.05, 0.1) is 6.61 Å². The molecule has 0 rings (SSSR count). The Labute approximate surface area is 202 Å². The van der Waals surface area contributed by atoms with Gasteiger partial charge in [0.15, 0.2) is 18.3 Å². The Morgan fingerprint density at radius 2 is 0.868 bits per heavy atom. The second kappa shape index (κ2) is 13.2. The number of carbonyl (C=O) groups excluding carboxylic acids is 4. The molecule has 0 spiro atoms. The fraction of sp³-hybridized carbons (Fsp3) is 0.750. The monoisotopic (exact) mass is 594 g/mol. The molecule has 0 radical (unpaired) electrons. The predicted octanol–water partition coefficient (Wildman–Crippen LogP) is 2.18. The van der Waals surface area contributed by atoms with Crippen LogP contribution in [0.25, 0.3) is 0 Å². The van der Waals surface area contributed by atoms with Gasteiger partial charge in [-0.25, -0.2) is 19.2 Å². The standard InChI is InChI=1S/C16H14F12O10/c1-33-3-5(36-10(30)14(20,21)22)8(38-12(32)16(26,27)28)7(34-2)6(37-11(31)15(23,24)25)4-35-9(29)13(17,18)19/h5-8H,3-4H2,1-2H3/t5-,6+,7+,8+/m0/s1. The third kappa shape index (κ3) is 11.1. The molecule has 0 aliphatic carbocycles. The molecule has 0 fully saturated rings. The summed E-state index contributed by atoms with van der Waals surface area (Å²) in [4.78, 5) is 44.7. The van der Waals surface area contributed by atoms with Gasteiger partial charge < -0.3 is 28.4 Å². The highest BCUT2D eigenvalue weighted by atomic mass is 19.4. The van der Waals surface area contributed by atoms with Gasteiger partial charge >= 0.3 is 48.6 Å². The molecule has 38 heavy (non-hydrogen) atoms. The minimum Gasteiger partial charge on any atom is -0.455 e. The van der Waals surface area contributed by atoms with Gasteiger partial charge in [0.1, 0.15) is 12.7 Å². The second-order valence-corrected chi connectivity index (χ2v) is 6.50. The number of hydrogen-bond donors (Lipinski definition) is 0. The molecule has 0 saturated carbocycles. The molecule has 0 aromatic carbocycles. The van der Waals surface area contributed by atoms with Crippen LogP contribution in [0, 0.1) is 0 Å². The molecule has 10 nitrogen and oxygen atoms in total. The summed E-state index contributed by atoms with van der Waals surface area (Å²) in [7, 11) is 0.958. The Kier molecular flexibility index (Phi) is 12.1. The number of ether oxygens (including phenoxy) is 6. The lowest BCUT2D eigenvalue weighted by molar-refractivity contribution is -0.244. The molecule has 22 heteroatoms. The van der Waals surface area contributed by atoms with E-state index >= 15 is 0 Å². The van der Waals surface area contributed by atoms with Gasteiger partial charge in [0, 0.05) is 14.2 Å². The highest BCUT2D eigenvalue weighted by Gasteiger charge is 2.52. The summed E-state index contributed by atoms with van der Waals surface area (Å²) in [5.41, 5.74) is 0. The van der Waals surface area contributed by atoms with E-state index in [1.54, 1.807) is 0 Å². The molecule has 0 N–H and O–H groups in total. The summed E-state index contributed by atoms with van der Waals surface area (Å²) in [6, 6.07) is 0. The number of halogens is 12. The topological polar surface area (TPSA) is 124 Å². The Balaban J connectivity index is 6.68. The normalized spacial score (nSPS) is 16.1. The smallest absolute Gasteiger partial charge is 0.455 e. The first kappa shape index (κ1) is 35.0. The minimum atomic E-state index is -5.97. The van der Waals surface area contributed by atoms with Crippen molar-refractivity contribution in [2.45, 2.75) is 49.1 Å². The number of carbonyl (C=O) groups is 4. The zero-order valence-corrected chi connectivity index (χ0v) is 18.3. The summed E-state index contributed by atoms with van der Waals surface area (Å²) in [6.07, 6.45) is -35.6. The third-order valence-corrected chi connectivity index (χ3v) is 3.72. The van der Waals surface area contributed by atoms with E-state index in [4.69, 9.17) is 0 Å². The van der Waals surface area contributed by atoms with E-state index in [1.807, 2.05) is 0 Å². The van der Waals surface area contributed by atoms with Crippen LogP contribution in [0.4, 0.5) is 52.7 Å². The maximum atomic E-state index is 12.8. The number of hydrogen-bond acceptors (Lipinski definition) is 10. The first-order valence-electron chi connectivity index (χ1n) is 9.05. The van der Waals surface area contributed by atoms with E-state index in [0.29, 0.717) is 14.2 Å². The van der Waals surface area contributed by atoms with Crippen molar-refractivity contribution in [1.82, 2.24) is 0 Å². The summed E-state index contributed by atoms with van der Waals surface area (Å²) >= 11 is 0. The van der Waals surface area contributed by atoms with Gasteiger partial charge in [-0.3, -0.25) is 0 Å². The van der Waals surface area contributed by atoms with Crippen molar-refractivity contribution in [3.63, 3.8) is 0 Å². The SMILES string of the molecule is COC[C@H](OC(=O)C(F)(F)F)[C@@H](OC(=O)C(F)(F)F)[C@H](OC)[C@@H](COC(=O)C(F)(F)F)OC(=O)C(F)(F)F. The molecule has 4 atom stereocenters. The lowest BCUT2D eigenvalue weighted by atomic mass is 10.0. The van der Waals surface area contributed by atoms with Crippen molar-refractivity contribution < 1.29 is 100 Å². The lowest BCUT2D eigenvalue weighted by Crippen LogP contribution is -2.55. The van der Waals surface area contributed by atoms with Crippen LogP contribution < -0.4 is 0 Å². The quantitative estimate of drug-likeness (QED) is 0.200. The summed E-state index contributed by atoms with van der Waals surface area (Å²) in [5.74, 6) is -12.9. The van der Waals surface area contributed by atoms with E-state index in [0.717, 1.165) is 0 Å². The Morgan fingerprint density at radius 3 is 1.18 bits per heavy atom. The van der Waals surface area contributed by atoms with Gasteiger partial charge in [-0.05, 0) is 0 Å². The molecule has 0 aromatic heterocycles. The van der Waals surface area contributed by atoms with Crippen LogP contribution in [0.15, 0.2) is 0 Å². The summed E-state index contributed by atoms with van der Waals surface area (Å²) in [5, 5.41) is 0. The highest BCUT2D eigenvalue weighted by molar-refractivity contribution is 5.77. The number of alkyl halides is 12. The second-order valence-electron chi connectivity index (χ2n) is 6.50. The maximum absolute atomic E-state index is 12.8. The fourth-order valence-corrected chi connectivity index (χ4v) is 2.25.